The van der Waals surface area contributed by atoms with Gasteiger partial charge in [0, 0.05) is 29.1 Å². The number of piperidine rings is 1. The molecule has 1 aliphatic heterocycles. The Balaban J connectivity index is 1.47. The fraction of sp³-hybridized carbons (Fsp3) is 0.348. The Kier molecular flexibility index (Phi) is 5.22. The number of amides is 1. The smallest absolute Gasteiger partial charge is 0.289 e. The van der Waals surface area contributed by atoms with Crippen molar-refractivity contribution in [3.8, 4) is 0 Å². The molecule has 2 aromatic carbocycles. The highest BCUT2D eigenvalue weighted by molar-refractivity contribution is 6.31. The molecule has 1 saturated heterocycles. The molecule has 0 atom stereocenters. The van der Waals surface area contributed by atoms with Gasteiger partial charge in [0.25, 0.3) is 5.91 Å². The minimum absolute atomic E-state index is 0.0114. The number of furan rings is 1. The second kappa shape index (κ2) is 7.77. The molecule has 0 saturated carbocycles. The van der Waals surface area contributed by atoms with Gasteiger partial charge in [-0.2, -0.15) is 0 Å². The standard InChI is InChI=1S/C23H24ClNO2/c1-2-19-20-15-18(24)8-9-21(20)27-22(19)23(26)25-12-10-17(11-13-25)14-16-6-4-3-5-7-16/h3-9,15,17H,2,10-14H2,1H3. The lowest BCUT2D eigenvalue weighted by atomic mass is 9.90. The van der Waals surface area contributed by atoms with E-state index in [0.717, 1.165) is 55.3 Å². The molecule has 4 heteroatoms. The average Bonchev–Trinajstić information content (AvgIpc) is 3.06. The third kappa shape index (κ3) is 3.74. The first kappa shape index (κ1) is 18.1. The van der Waals surface area contributed by atoms with E-state index in [0.29, 0.717) is 16.7 Å². The molecule has 4 rings (SSSR count). The maximum absolute atomic E-state index is 13.1. The number of nitrogens with zero attached hydrogens (tertiary/aromatic N) is 1. The van der Waals surface area contributed by atoms with Gasteiger partial charge >= 0.3 is 0 Å². The van der Waals surface area contributed by atoms with E-state index in [1.54, 1.807) is 6.07 Å². The van der Waals surface area contributed by atoms with Crippen LogP contribution in [0.4, 0.5) is 0 Å². The maximum Gasteiger partial charge on any atom is 0.289 e. The Morgan fingerprint density at radius 2 is 1.89 bits per heavy atom. The second-order valence-corrected chi connectivity index (χ2v) is 7.77. The summed E-state index contributed by atoms with van der Waals surface area (Å²) in [5.41, 5.74) is 3.08. The summed E-state index contributed by atoms with van der Waals surface area (Å²) in [5, 5.41) is 1.62. The maximum atomic E-state index is 13.1. The summed E-state index contributed by atoms with van der Waals surface area (Å²) in [6.45, 7) is 3.63. The summed E-state index contributed by atoms with van der Waals surface area (Å²) in [6.07, 6.45) is 3.91. The highest BCUT2D eigenvalue weighted by atomic mass is 35.5. The van der Waals surface area contributed by atoms with Crippen LogP contribution < -0.4 is 0 Å². The van der Waals surface area contributed by atoms with Crippen LogP contribution in [0.25, 0.3) is 11.0 Å². The van der Waals surface area contributed by atoms with Gasteiger partial charge in [-0.3, -0.25) is 4.79 Å². The van der Waals surface area contributed by atoms with Crippen molar-refractivity contribution in [2.24, 2.45) is 5.92 Å². The van der Waals surface area contributed by atoms with Crippen LogP contribution in [0, 0.1) is 5.92 Å². The highest BCUT2D eigenvalue weighted by Crippen LogP contribution is 2.31. The Morgan fingerprint density at radius 3 is 2.59 bits per heavy atom. The quantitative estimate of drug-likeness (QED) is 0.577. The van der Waals surface area contributed by atoms with Gasteiger partial charge in [0.1, 0.15) is 5.58 Å². The molecule has 0 bridgehead atoms. The van der Waals surface area contributed by atoms with Gasteiger partial charge in [-0.25, -0.2) is 0 Å². The first-order valence-electron chi connectivity index (χ1n) is 9.70. The molecule has 0 aliphatic carbocycles. The molecule has 2 heterocycles. The summed E-state index contributed by atoms with van der Waals surface area (Å²) < 4.78 is 5.93. The van der Waals surface area contributed by atoms with E-state index in [9.17, 15) is 4.79 Å². The van der Waals surface area contributed by atoms with Crippen LogP contribution in [0.2, 0.25) is 5.02 Å². The molecule has 1 aromatic heterocycles. The molecule has 0 spiro atoms. The van der Waals surface area contributed by atoms with Crippen LogP contribution in [0.15, 0.2) is 52.9 Å². The van der Waals surface area contributed by atoms with Crippen LogP contribution in [0.3, 0.4) is 0 Å². The molecular weight excluding hydrogens is 358 g/mol. The summed E-state index contributed by atoms with van der Waals surface area (Å²) in [7, 11) is 0. The van der Waals surface area contributed by atoms with E-state index >= 15 is 0 Å². The Morgan fingerprint density at radius 1 is 1.15 bits per heavy atom. The number of carbonyl (C=O) groups excluding carboxylic acids is 1. The van der Waals surface area contributed by atoms with Crippen LogP contribution in [0.1, 0.15) is 41.4 Å². The number of fused-ring (bicyclic) bond motifs is 1. The zero-order chi connectivity index (χ0) is 18.8. The first-order chi connectivity index (χ1) is 13.2. The first-order valence-corrected chi connectivity index (χ1v) is 10.1. The summed E-state index contributed by atoms with van der Waals surface area (Å²) in [6, 6.07) is 16.1. The van der Waals surface area contributed by atoms with Crippen molar-refractivity contribution in [3.05, 3.63) is 70.4 Å². The molecule has 1 fully saturated rings. The molecule has 3 nitrogen and oxygen atoms in total. The van der Waals surface area contributed by atoms with Crippen LogP contribution in [0.5, 0.6) is 0 Å². The second-order valence-electron chi connectivity index (χ2n) is 7.33. The van der Waals surface area contributed by atoms with E-state index in [1.165, 1.54) is 5.56 Å². The predicted octanol–water partition coefficient (Wildman–Crippen LogP) is 5.74. The molecule has 0 N–H and O–H groups in total. The zero-order valence-electron chi connectivity index (χ0n) is 15.6. The van der Waals surface area contributed by atoms with Crippen molar-refractivity contribution in [2.75, 3.05) is 13.1 Å². The van der Waals surface area contributed by atoms with Crippen molar-refractivity contribution < 1.29 is 9.21 Å². The van der Waals surface area contributed by atoms with Crippen molar-refractivity contribution in [3.63, 3.8) is 0 Å². The lowest BCUT2D eigenvalue weighted by molar-refractivity contribution is 0.0659. The van der Waals surface area contributed by atoms with Crippen molar-refractivity contribution in [1.82, 2.24) is 4.90 Å². The zero-order valence-corrected chi connectivity index (χ0v) is 16.3. The van der Waals surface area contributed by atoms with E-state index < -0.39 is 0 Å². The van der Waals surface area contributed by atoms with Gasteiger partial charge in [0.2, 0.25) is 0 Å². The van der Waals surface area contributed by atoms with Gasteiger partial charge in [0.05, 0.1) is 0 Å². The summed E-state index contributed by atoms with van der Waals surface area (Å²) in [5.74, 6) is 1.13. The number of carbonyl (C=O) groups is 1. The SMILES string of the molecule is CCc1c(C(=O)N2CCC(Cc3ccccc3)CC2)oc2ccc(Cl)cc12. The van der Waals surface area contributed by atoms with Crippen molar-refractivity contribution >= 4 is 28.5 Å². The summed E-state index contributed by atoms with van der Waals surface area (Å²) >= 11 is 6.13. The lowest BCUT2D eigenvalue weighted by Crippen LogP contribution is -2.39. The molecule has 0 unspecified atom stereocenters. The number of halogens is 1. The van der Waals surface area contributed by atoms with Crippen LogP contribution in [-0.4, -0.2) is 23.9 Å². The number of aryl methyl sites for hydroxylation is 1. The predicted molar refractivity (Wildman–Crippen MR) is 109 cm³/mol. The largest absolute Gasteiger partial charge is 0.451 e. The highest BCUT2D eigenvalue weighted by Gasteiger charge is 2.28. The number of likely N-dealkylation sites (tertiary alicyclic amines) is 1. The van der Waals surface area contributed by atoms with Crippen LogP contribution in [-0.2, 0) is 12.8 Å². The van der Waals surface area contributed by atoms with Gasteiger partial charge in [-0.15, -0.1) is 0 Å². The fourth-order valence-electron chi connectivity index (χ4n) is 4.08. The van der Waals surface area contributed by atoms with Crippen molar-refractivity contribution in [2.45, 2.75) is 32.6 Å². The number of rotatable bonds is 4. The monoisotopic (exact) mass is 381 g/mol. The number of benzene rings is 2. The summed E-state index contributed by atoms with van der Waals surface area (Å²) in [4.78, 5) is 15.0. The topological polar surface area (TPSA) is 33.5 Å². The van der Waals surface area contributed by atoms with Gasteiger partial charge in [-0.1, -0.05) is 48.9 Å². The molecule has 140 valence electrons. The Hall–Kier alpha value is -2.26. The van der Waals surface area contributed by atoms with Gasteiger partial charge in [0.15, 0.2) is 5.76 Å². The number of hydrogen-bond acceptors (Lipinski definition) is 2. The van der Waals surface area contributed by atoms with E-state index in [1.807, 2.05) is 24.0 Å². The molecule has 3 aromatic rings. The van der Waals surface area contributed by atoms with Gasteiger partial charge in [-0.05, 0) is 55.4 Å². The Bertz CT molecular complexity index is 940. The normalized spacial score (nSPS) is 15.4. The van der Waals surface area contributed by atoms with Gasteiger partial charge < -0.3 is 9.32 Å². The number of hydrogen-bond donors (Lipinski definition) is 0. The lowest BCUT2D eigenvalue weighted by Gasteiger charge is -2.31. The minimum Gasteiger partial charge on any atom is -0.451 e. The van der Waals surface area contributed by atoms with E-state index in [2.05, 4.69) is 30.3 Å². The van der Waals surface area contributed by atoms with Crippen LogP contribution >= 0.6 is 11.6 Å². The third-order valence-electron chi connectivity index (χ3n) is 5.57. The van der Waals surface area contributed by atoms with E-state index in [-0.39, 0.29) is 5.91 Å². The molecule has 1 amide bonds. The molecule has 27 heavy (non-hydrogen) atoms. The minimum atomic E-state index is 0.0114. The fourth-order valence-corrected chi connectivity index (χ4v) is 4.25. The average molecular weight is 382 g/mol. The molecule has 0 radical (unpaired) electrons. The third-order valence-corrected chi connectivity index (χ3v) is 5.80. The van der Waals surface area contributed by atoms with Crippen molar-refractivity contribution in [1.29, 1.82) is 0 Å². The van der Waals surface area contributed by atoms with E-state index in [4.69, 9.17) is 16.0 Å². The molecule has 1 aliphatic rings. The Labute approximate surface area is 164 Å². The molecular formula is C23H24ClNO2.